The highest BCUT2D eigenvalue weighted by Gasteiger charge is 2.31. The molecule has 4 aromatic rings. The molecule has 12 heteroatoms. The van der Waals surface area contributed by atoms with Crippen molar-refractivity contribution in [3.8, 4) is 0 Å². The molecule has 0 saturated carbocycles. The summed E-state index contributed by atoms with van der Waals surface area (Å²) in [5, 5.41) is 21.0. The highest BCUT2D eigenvalue weighted by molar-refractivity contribution is 6.31. The number of carbonyl (C=O) groups excluding carboxylic acids is 1. The molecule has 0 spiro atoms. The first-order valence-corrected chi connectivity index (χ1v) is 11.4. The number of aromatic nitrogens is 4. The molecule has 1 aliphatic rings. The maximum atomic E-state index is 13.1. The van der Waals surface area contributed by atoms with Gasteiger partial charge in [-0.05, 0) is 37.3 Å². The maximum absolute atomic E-state index is 13.1. The molecule has 0 aliphatic carbocycles. The molecule has 1 fully saturated rings. The molecule has 0 bridgehead atoms. The van der Waals surface area contributed by atoms with Crippen LogP contribution in [0.1, 0.15) is 23.1 Å². The number of piperazine rings is 1. The molecule has 0 unspecified atom stereocenters. The predicted molar refractivity (Wildman–Crippen MR) is 130 cm³/mol. The molecule has 2 aromatic heterocycles. The summed E-state index contributed by atoms with van der Waals surface area (Å²) < 4.78 is 7.21. The third-order valence-corrected chi connectivity index (χ3v) is 6.36. The van der Waals surface area contributed by atoms with E-state index in [-0.39, 0.29) is 24.2 Å². The van der Waals surface area contributed by atoms with Gasteiger partial charge in [-0.25, -0.2) is 9.38 Å². The fourth-order valence-corrected chi connectivity index (χ4v) is 4.58. The number of rotatable bonds is 5. The molecule has 2 aromatic carbocycles. The number of halogens is 1. The molecule has 1 amide bonds. The molecule has 180 valence electrons. The number of hydrogen-bond acceptors (Lipinski definition) is 8. The van der Waals surface area contributed by atoms with Crippen LogP contribution in [-0.4, -0.2) is 68.1 Å². The molecule has 1 aliphatic heterocycles. The first kappa shape index (κ1) is 22.9. The minimum absolute atomic E-state index is 0.0493. The van der Waals surface area contributed by atoms with Crippen LogP contribution in [0.25, 0.3) is 16.6 Å². The minimum Gasteiger partial charge on any atom is -0.377 e. The van der Waals surface area contributed by atoms with Crippen molar-refractivity contribution >= 4 is 45.7 Å². The maximum Gasteiger partial charge on any atom is 0.269 e. The van der Waals surface area contributed by atoms with Crippen LogP contribution in [-0.2, 0) is 11.3 Å². The van der Waals surface area contributed by atoms with Crippen LogP contribution < -0.4 is 4.90 Å². The number of benzene rings is 2. The third-order valence-electron chi connectivity index (χ3n) is 6.12. The number of amides is 1. The van der Waals surface area contributed by atoms with Crippen LogP contribution in [0.4, 0.5) is 11.6 Å². The minimum atomic E-state index is -0.483. The van der Waals surface area contributed by atoms with E-state index in [4.69, 9.17) is 21.3 Å². The summed E-state index contributed by atoms with van der Waals surface area (Å²) >= 11 is 6.23. The Morgan fingerprint density at radius 3 is 2.66 bits per heavy atom. The van der Waals surface area contributed by atoms with E-state index in [1.54, 1.807) is 24.1 Å². The standard InChI is InChI=1S/C23H22ClN7O4/c1-14-12-28(9-10-29(14)22(32)15-3-6-17(7-4-15)31(33)34)23-25-19-11-16(24)5-8-18(19)21-27-26-20(13-35-2)30(21)23/h3-8,11,14H,9-10,12-13H2,1-2H3/t14-/m0/s1. The van der Waals surface area contributed by atoms with Gasteiger partial charge in [0.2, 0.25) is 5.95 Å². The summed E-state index contributed by atoms with van der Waals surface area (Å²) in [4.78, 5) is 32.3. The van der Waals surface area contributed by atoms with Crippen molar-refractivity contribution in [2.45, 2.75) is 19.6 Å². The van der Waals surface area contributed by atoms with Gasteiger partial charge in [0.05, 0.1) is 10.4 Å². The zero-order chi connectivity index (χ0) is 24.7. The third kappa shape index (κ3) is 4.13. The largest absolute Gasteiger partial charge is 0.377 e. The zero-order valence-electron chi connectivity index (χ0n) is 19.1. The normalized spacial score (nSPS) is 16.3. The lowest BCUT2D eigenvalue weighted by Crippen LogP contribution is -2.54. The topological polar surface area (TPSA) is 119 Å². The molecule has 1 saturated heterocycles. The lowest BCUT2D eigenvalue weighted by molar-refractivity contribution is -0.384. The first-order valence-electron chi connectivity index (χ1n) is 11.0. The average Bonchev–Trinajstić information content (AvgIpc) is 3.27. The summed E-state index contributed by atoms with van der Waals surface area (Å²) in [7, 11) is 1.60. The summed E-state index contributed by atoms with van der Waals surface area (Å²) in [6.07, 6.45) is 0. The number of fused-ring (bicyclic) bond motifs is 3. The van der Waals surface area contributed by atoms with Crippen molar-refractivity contribution in [2.24, 2.45) is 0 Å². The highest BCUT2D eigenvalue weighted by atomic mass is 35.5. The van der Waals surface area contributed by atoms with E-state index in [9.17, 15) is 14.9 Å². The first-order chi connectivity index (χ1) is 16.9. The molecule has 5 rings (SSSR count). The Labute approximate surface area is 205 Å². The summed E-state index contributed by atoms with van der Waals surface area (Å²) in [5.41, 5.74) is 1.73. The van der Waals surface area contributed by atoms with E-state index in [1.165, 1.54) is 24.3 Å². The number of anilines is 1. The lowest BCUT2D eigenvalue weighted by atomic mass is 10.1. The van der Waals surface area contributed by atoms with Gasteiger partial charge in [-0.3, -0.25) is 14.9 Å². The van der Waals surface area contributed by atoms with Gasteiger partial charge in [0.1, 0.15) is 6.61 Å². The van der Waals surface area contributed by atoms with Gasteiger partial charge >= 0.3 is 0 Å². The number of nitro benzene ring substituents is 1. The van der Waals surface area contributed by atoms with Crippen LogP contribution in [0.5, 0.6) is 0 Å². The number of hydrogen-bond donors (Lipinski definition) is 0. The van der Waals surface area contributed by atoms with Crippen molar-refractivity contribution in [3.63, 3.8) is 0 Å². The molecular formula is C23H22ClN7O4. The fraction of sp³-hybridized carbons (Fsp3) is 0.304. The molecular weight excluding hydrogens is 474 g/mol. The van der Waals surface area contributed by atoms with E-state index in [0.29, 0.717) is 53.2 Å². The summed E-state index contributed by atoms with van der Waals surface area (Å²) in [6.45, 7) is 3.74. The van der Waals surface area contributed by atoms with Gasteiger partial charge in [0.15, 0.2) is 11.5 Å². The van der Waals surface area contributed by atoms with Crippen LogP contribution in [0.2, 0.25) is 5.02 Å². The van der Waals surface area contributed by atoms with Crippen molar-refractivity contribution in [1.29, 1.82) is 0 Å². The van der Waals surface area contributed by atoms with E-state index in [0.717, 1.165) is 5.39 Å². The number of methoxy groups -OCH3 is 1. The van der Waals surface area contributed by atoms with E-state index in [2.05, 4.69) is 15.1 Å². The molecule has 0 N–H and O–H groups in total. The number of non-ortho nitro benzene ring substituents is 1. The van der Waals surface area contributed by atoms with Crippen molar-refractivity contribution in [1.82, 2.24) is 24.5 Å². The molecule has 1 atom stereocenters. The number of nitro groups is 1. The number of nitrogens with zero attached hydrogens (tertiary/aromatic N) is 7. The molecule has 35 heavy (non-hydrogen) atoms. The molecule has 0 radical (unpaired) electrons. The summed E-state index contributed by atoms with van der Waals surface area (Å²) in [6, 6.07) is 11.0. The molecule has 11 nitrogen and oxygen atoms in total. The Kier molecular flexibility index (Phi) is 5.95. The van der Waals surface area contributed by atoms with Gasteiger partial charge in [0, 0.05) is 60.9 Å². The summed E-state index contributed by atoms with van der Waals surface area (Å²) in [5.74, 6) is 1.11. The highest BCUT2D eigenvalue weighted by Crippen LogP contribution is 2.28. The number of ether oxygens (including phenoxy) is 1. The monoisotopic (exact) mass is 495 g/mol. The fourth-order valence-electron chi connectivity index (χ4n) is 4.41. The Bertz CT molecular complexity index is 1440. The van der Waals surface area contributed by atoms with Crippen LogP contribution in [0, 0.1) is 10.1 Å². The van der Waals surface area contributed by atoms with E-state index >= 15 is 0 Å². The van der Waals surface area contributed by atoms with E-state index < -0.39 is 4.92 Å². The number of carbonyl (C=O) groups is 1. The second-order valence-electron chi connectivity index (χ2n) is 8.38. The Morgan fingerprint density at radius 1 is 1.20 bits per heavy atom. The van der Waals surface area contributed by atoms with Gasteiger partial charge in [0.25, 0.3) is 11.6 Å². The molecule has 3 heterocycles. The zero-order valence-corrected chi connectivity index (χ0v) is 19.8. The Morgan fingerprint density at radius 2 is 1.97 bits per heavy atom. The van der Waals surface area contributed by atoms with Crippen LogP contribution >= 0.6 is 11.6 Å². The van der Waals surface area contributed by atoms with Crippen LogP contribution in [0.15, 0.2) is 42.5 Å². The SMILES string of the molecule is COCc1nnc2c3ccc(Cl)cc3nc(N3CCN(C(=O)c4ccc([N+](=O)[O-])cc4)[C@@H](C)C3)n12. The van der Waals surface area contributed by atoms with Crippen molar-refractivity contribution in [3.05, 3.63) is 69.0 Å². The quantitative estimate of drug-likeness (QED) is 0.305. The lowest BCUT2D eigenvalue weighted by Gasteiger charge is -2.40. The Hall–Kier alpha value is -3.83. The van der Waals surface area contributed by atoms with Gasteiger partial charge in [-0.15, -0.1) is 10.2 Å². The van der Waals surface area contributed by atoms with Crippen molar-refractivity contribution in [2.75, 3.05) is 31.6 Å². The van der Waals surface area contributed by atoms with Crippen molar-refractivity contribution < 1.29 is 14.5 Å². The average molecular weight is 496 g/mol. The van der Waals surface area contributed by atoms with E-state index in [1.807, 2.05) is 17.4 Å². The van der Waals surface area contributed by atoms with Crippen LogP contribution in [0.3, 0.4) is 0 Å². The van der Waals surface area contributed by atoms with Gasteiger partial charge in [-0.1, -0.05) is 11.6 Å². The predicted octanol–water partition coefficient (Wildman–Crippen LogP) is 3.34. The Balaban J connectivity index is 1.47. The second-order valence-corrected chi connectivity index (χ2v) is 8.82. The smallest absolute Gasteiger partial charge is 0.269 e. The van der Waals surface area contributed by atoms with Gasteiger partial charge < -0.3 is 14.5 Å². The van der Waals surface area contributed by atoms with Gasteiger partial charge in [-0.2, -0.15) is 0 Å². The second kappa shape index (κ2) is 9.08.